The Balaban J connectivity index is 2.16. The van der Waals surface area contributed by atoms with E-state index in [1.54, 1.807) is 48.1 Å². The van der Waals surface area contributed by atoms with Gasteiger partial charge in [-0.1, -0.05) is 23.7 Å². The normalized spacial score (nSPS) is 12.3. The minimum absolute atomic E-state index is 0.285. The maximum Gasteiger partial charge on any atom is 0.314 e. The largest absolute Gasteiger partial charge is 0.481 e. The monoisotopic (exact) mass is 331 g/mol. The second kappa shape index (κ2) is 5.89. The van der Waals surface area contributed by atoms with Crippen LogP contribution in [0, 0.1) is 6.92 Å². The van der Waals surface area contributed by atoms with E-state index in [1.165, 1.54) is 0 Å². The molecule has 0 amide bonds. The summed E-state index contributed by atoms with van der Waals surface area (Å²) in [6, 6.07) is 7.30. The zero-order valence-corrected chi connectivity index (χ0v) is 13.3. The van der Waals surface area contributed by atoms with E-state index in [-0.39, 0.29) is 6.01 Å². The van der Waals surface area contributed by atoms with Gasteiger partial charge in [0.2, 0.25) is 0 Å². The van der Waals surface area contributed by atoms with Crippen LogP contribution in [0.4, 0.5) is 0 Å². The van der Waals surface area contributed by atoms with Crippen LogP contribution in [-0.2, 0) is 4.79 Å². The van der Waals surface area contributed by atoms with Crippen molar-refractivity contribution >= 4 is 17.6 Å². The molecule has 0 bridgehead atoms. The number of hydrogen-bond acceptors (Lipinski definition) is 4. The quantitative estimate of drug-likeness (QED) is 0.788. The second-order valence-corrected chi connectivity index (χ2v) is 5.56. The molecule has 0 fully saturated rings. The molecule has 1 aromatic carbocycles. The predicted molar refractivity (Wildman–Crippen MR) is 84.9 cm³/mol. The van der Waals surface area contributed by atoms with Crippen LogP contribution in [0.5, 0.6) is 0 Å². The maximum atomic E-state index is 11.4. The van der Waals surface area contributed by atoms with E-state index >= 15 is 0 Å². The number of imidazole rings is 1. The molecule has 0 aliphatic rings. The van der Waals surface area contributed by atoms with E-state index in [0.717, 1.165) is 5.56 Å². The number of oxazole rings is 1. The lowest BCUT2D eigenvalue weighted by atomic mass is 10.0. The van der Waals surface area contributed by atoms with Crippen molar-refractivity contribution in [2.45, 2.75) is 19.8 Å². The van der Waals surface area contributed by atoms with Gasteiger partial charge in [-0.15, -0.1) is 0 Å². The summed E-state index contributed by atoms with van der Waals surface area (Å²) < 4.78 is 7.41. The Morgan fingerprint density at radius 3 is 2.61 bits per heavy atom. The Morgan fingerprint density at radius 1 is 1.35 bits per heavy atom. The molecule has 6 nitrogen and oxygen atoms in total. The minimum atomic E-state index is -0.981. The van der Waals surface area contributed by atoms with Crippen molar-refractivity contribution < 1.29 is 14.3 Å². The van der Waals surface area contributed by atoms with Gasteiger partial charge < -0.3 is 9.52 Å². The summed E-state index contributed by atoms with van der Waals surface area (Å²) >= 11 is 5.91. The number of aliphatic carboxylic acids is 1. The lowest BCUT2D eigenvalue weighted by Gasteiger charge is -2.05. The first-order valence-electron chi connectivity index (χ1n) is 6.97. The first-order valence-corrected chi connectivity index (χ1v) is 7.35. The molecule has 7 heteroatoms. The SMILES string of the molecule is Cc1nccn1-c1nc(-c2ccc(Cl)cc2)c(C(C)C(=O)O)o1. The third-order valence-corrected chi connectivity index (χ3v) is 3.81. The van der Waals surface area contributed by atoms with E-state index < -0.39 is 11.9 Å². The highest BCUT2D eigenvalue weighted by Crippen LogP contribution is 2.32. The highest BCUT2D eigenvalue weighted by molar-refractivity contribution is 6.30. The van der Waals surface area contributed by atoms with Crippen LogP contribution >= 0.6 is 11.6 Å². The zero-order chi connectivity index (χ0) is 16.6. The molecule has 118 valence electrons. The molecule has 0 aliphatic carbocycles. The van der Waals surface area contributed by atoms with Gasteiger partial charge in [0.25, 0.3) is 0 Å². The summed E-state index contributed by atoms with van der Waals surface area (Å²) in [7, 11) is 0. The summed E-state index contributed by atoms with van der Waals surface area (Å²) in [6.45, 7) is 3.37. The van der Waals surface area contributed by atoms with Crippen LogP contribution in [0.1, 0.15) is 24.4 Å². The van der Waals surface area contributed by atoms with Gasteiger partial charge >= 0.3 is 12.0 Å². The molecule has 0 aliphatic heterocycles. The molecule has 2 aromatic heterocycles. The van der Waals surface area contributed by atoms with Crippen molar-refractivity contribution in [1.29, 1.82) is 0 Å². The van der Waals surface area contributed by atoms with E-state index in [9.17, 15) is 9.90 Å². The number of aromatic nitrogens is 3. The topological polar surface area (TPSA) is 81.2 Å². The zero-order valence-electron chi connectivity index (χ0n) is 12.5. The van der Waals surface area contributed by atoms with E-state index in [1.807, 2.05) is 6.92 Å². The summed E-state index contributed by atoms with van der Waals surface area (Å²) in [5, 5.41) is 9.91. The Labute approximate surface area is 137 Å². The number of nitrogens with zero attached hydrogens (tertiary/aromatic N) is 3. The Morgan fingerprint density at radius 2 is 2.04 bits per heavy atom. The van der Waals surface area contributed by atoms with Crippen LogP contribution in [-0.4, -0.2) is 25.6 Å². The van der Waals surface area contributed by atoms with Gasteiger partial charge in [0.15, 0.2) is 0 Å². The van der Waals surface area contributed by atoms with Crippen molar-refractivity contribution in [2.24, 2.45) is 0 Å². The van der Waals surface area contributed by atoms with E-state index in [0.29, 0.717) is 22.3 Å². The molecule has 0 saturated heterocycles. The Kier molecular flexibility index (Phi) is 3.92. The molecule has 1 atom stereocenters. The third-order valence-electron chi connectivity index (χ3n) is 3.56. The number of hydrogen-bond donors (Lipinski definition) is 1. The fraction of sp³-hybridized carbons (Fsp3) is 0.188. The van der Waals surface area contributed by atoms with Gasteiger partial charge in [0, 0.05) is 23.0 Å². The first-order chi connectivity index (χ1) is 11.0. The molecular formula is C16H14ClN3O3. The van der Waals surface area contributed by atoms with Crippen LogP contribution in [0.25, 0.3) is 17.3 Å². The molecule has 0 radical (unpaired) electrons. The molecule has 23 heavy (non-hydrogen) atoms. The molecule has 1 unspecified atom stereocenters. The van der Waals surface area contributed by atoms with Crippen LogP contribution in [0.2, 0.25) is 5.02 Å². The summed E-state index contributed by atoms with van der Waals surface area (Å²) in [4.78, 5) is 20.0. The Hall–Kier alpha value is -2.60. The highest BCUT2D eigenvalue weighted by Gasteiger charge is 2.26. The molecular weight excluding hydrogens is 318 g/mol. The summed E-state index contributed by atoms with van der Waals surface area (Å²) in [6.07, 6.45) is 3.34. The number of halogens is 1. The molecule has 3 aromatic rings. The average Bonchev–Trinajstić information content (AvgIpc) is 3.13. The number of benzene rings is 1. The lowest BCUT2D eigenvalue weighted by molar-refractivity contribution is -0.138. The molecule has 0 spiro atoms. The molecule has 3 rings (SSSR count). The minimum Gasteiger partial charge on any atom is -0.481 e. The van der Waals surface area contributed by atoms with E-state index in [2.05, 4.69) is 9.97 Å². The fourth-order valence-electron chi connectivity index (χ4n) is 2.22. The third kappa shape index (κ3) is 2.85. The molecule has 0 saturated carbocycles. The number of rotatable bonds is 4. The highest BCUT2D eigenvalue weighted by atomic mass is 35.5. The van der Waals surface area contributed by atoms with Crippen molar-refractivity contribution in [3.63, 3.8) is 0 Å². The average molecular weight is 332 g/mol. The fourth-order valence-corrected chi connectivity index (χ4v) is 2.35. The predicted octanol–water partition coefficient (Wildman–Crippen LogP) is 3.68. The van der Waals surface area contributed by atoms with Crippen molar-refractivity contribution in [2.75, 3.05) is 0 Å². The molecule has 1 N–H and O–H groups in total. The van der Waals surface area contributed by atoms with Crippen molar-refractivity contribution in [3.8, 4) is 17.3 Å². The van der Waals surface area contributed by atoms with Crippen LogP contribution in [0.15, 0.2) is 41.1 Å². The Bertz CT molecular complexity index is 852. The summed E-state index contributed by atoms with van der Waals surface area (Å²) in [5.41, 5.74) is 1.23. The van der Waals surface area contributed by atoms with Crippen LogP contribution < -0.4 is 0 Å². The summed E-state index contributed by atoms with van der Waals surface area (Å²) in [5.74, 6) is -0.817. The van der Waals surface area contributed by atoms with Crippen molar-refractivity contribution in [1.82, 2.24) is 14.5 Å². The maximum absolute atomic E-state index is 11.4. The number of carboxylic acids is 1. The van der Waals surface area contributed by atoms with Gasteiger partial charge in [-0.3, -0.25) is 9.36 Å². The second-order valence-electron chi connectivity index (χ2n) is 5.12. The van der Waals surface area contributed by atoms with Gasteiger partial charge in [0.1, 0.15) is 23.2 Å². The lowest BCUT2D eigenvalue weighted by Crippen LogP contribution is -2.07. The van der Waals surface area contributed by atoms with Gasteiger partial charge in [-0.25, -0.2) is 4.98 Å². The standard InChI is InChI=1S/C16H14ClN3O3/c1-9(15(21)22)14-13(11-3-5-12(17)6-4-11)19-16(23-14)20-8-7-18-10(20)2/h3-9H,1-2H3,(H,21,22). The molecule has 2 heterocycles. The van der Waals surface area contributed by atoms with Crippen molar-refractivity contribution in [3.05, 3.63) is 53.3 Å². The number of carboxylic acid groups (broad SMARTS) is 1. The van der Waals surface area contributed by atoms with Crippen LogP contribution in [0.3, 0.4) is 0 Å². The van der Waals surface area contributed by atoms with Gasteiger partial charge in [-0.05, 0) is 26.0 Å². The smallest absolute Gasteiger partial charge is 0.314 e. The van der Waals surface area contributed by atoms with E-state index in [4.69, 9.17) is 16.0 Å². The van der Waals surface area contributed by atoms with Gasteiger partial charge in [-0.2, -0.15) is 4.98 Å². The number of aryl methyl sites for hydroxylation is 1. The van der Waals surface area contributed by atoms with Gasteiger partial charge in [0.05, 0.1) is 0 Å². The number of carbonyl (C=O) groups is 1. The first kappa shape index (κ1) is 15.3.